The molecule has 0 atom stereocenters. The van der Waals surface area contributed by atoms with Gasteiger partial charge in [-0.2, -0.15) is 0 Å². The zero-order valence-electron chi connectivity index (χ0n) is 12.2. The number of amides is 1. The van der Waals surface area contributed by atoms with Crippen LogP contribution < -0.4 is 5.32 Å². The molecule has 22 heavy (non-hydrogen) atoms. The fourth-order valence-corrected chi connectivity index (χ4v) is 2.37. The second-order valence-electron chi connectivity index (χ2n) is 4.86. The minimum Gasteiger partial charge on any atom is -0.380 e. The quantitative estimate of drug-likeness (QED) is 0.884. The van der Waals surface area contributed by atoms with Gasteiger partial charge >= 0.3 is 0 Å². The van der Waals surface area contributed by atoms with Gasteiger partial charge < -0.3 is 10.1 Å². The van der Waals surface area contributed by atoms with E-state index in [0.29, 0.717) is 13.2 Å². The van der Waals surface area contributed by atoms with Crippen LogP contribution in [0, 0.1) is 5.82 Å². The van der Waals surface area contributed by atoms with Crippen molar-refractivity contribution in [3.63, 3.8) is 0 Å². The highest BCUT2D eigenvalue weighted by Crippen LogP contribution is 2.19. The maximum atomic E-state index is 13.7. The van der Waals surface area contributed by atoms with Gasteiger partial charge in [0.2, 0.25) is 5.91 Å². The summed E-state index contributed by atoms with van der Waals surface area (Å²) in [5, 5.41) is 3.04. The summed E-state index contributed by atoms with van der Waals surface area (Å²) in [5.74, 6) is -0.748. The Hall–Kier alpha value is -1.91. The van der Waals surface area contributed by atoms with Gasteiger partial charge in [-0.15, -0.1) is 0 Å². The van der Waals surface area contributed by atoms with E-state index in [1.807, 2.05) is 24.3 Å². The van der Waals surface area contributed by atoms with E-state index < -0.39 is 5.82 Å². The first-order valence-corrected chi connectivity index (χ1v) is 7.25. The molecule has 5 heteroatoms. The summed E-state index contributed by atoms with van der Waals surface area (Å²) in [5.41, 5.74) is 2.19. The standard InChI is InChI=1S/C17H17ClFNO2/c1-22-11-13-6-3-2-5-12(13)10-20-17(21)9-14-15(18)7-4-8-16(14)19/h2-8H,9-11H2,1H3,(H,20,21). The van der Waals surface area contributed by atoms with Crippen molar-refractivity contribution in [1.29, 1.82) is 0 Å². The molecular formula is C17H17ClFNO2. The van der Waals surface area contributed by atoms with Crippen LogP contribution in [0.5, 0.6) is 0 Å². The molecule has 2 aromatic carbocycles. The van der Waals surface area contributed by atoms with E-state index in [0.717, 1.165) is 11.1 Å². The largest absolute Gasteiger partial charge is 0.380 e. The summed E-state index contributed by atoms with van der Waals surface area (Å²) in [6, 6.07) is 12.1. The minimum absolute atomic E-state index is 0.0854. The molecule has 0 spiro atoms. The number of carbonyl (C=O) groups is 1. The molecule has 0 radical (unpaired) electrons. The molecule has 2 aromatic rings. The molecule has 1 N–H and O–H groups in total. The maximum absolute atomic E-state index is 13.7. The lowest BCUT2D eigenvalue weighted by molar-refractivity contribution is -0.120. The number of nitrogens with one attached hydrogen (secondary N) is 1. The van der Waals surface area contributed by atoms with Gasteiger partial charge in [0.05, 0.1) is 13.0 Å². The Kier molecular flexibility index (Phi) is 5.92. The number of halogens is 2. The molecule has 2 rings (SSSR count). The number of carbonyl (C=O) groups excluding carboxylic acids is 1. The van der Waals surface area contributed by atoms with Crippen LogP contribution in [-0.4, -0.2) is 13.0 Å². The van der Waals surface area contributed by atoms with Crippen molar-refractivity contribution in [1.82, 2.24) is 5.32 Å². The van der Waals surface area contributed by atoms with Gasteiger partial charge in [-0.25, -0.2) is 4.39 Å². The molecule has 0 aromatic heterocycles. The number of benzene rings is 2. The molecule has 3 nitrogen and oxygen atoms in total. The number of methoxy groups -OCH3 is 1. The maximum Gasteiger partial charge on any atom is 0.224 e. The van der Waals surface area contributed by atoms with Crippen molar-refractivity contribution < 1.29 is 13.9 Å². The van der Waals surface area contributed by atoms with E-state index in [1.54, 1.807) is 13.2 Å². The van der Waals surface area contributed by atoms with Gasteiger partial charge in [-0.1, -0.05) is 41.9 Å². The fraction of sp³-hybridized carbons (Fsp3) is 0.235. The number of rotatable bonds is 6. The van der Waals surface area contributed by atoms with Crippen LogP contribution in [0.4, 0.5) is 4.39 Å². The summed E-state index contributed by atoms with van der Waals surface area (Å²) < 4.78 is 18.8. The van der Waals surface area contributed by atoms with E-state index in [1.165, 1.54) is 12.1 Å². The Labute approximate surface area is 134 Å². The lowest BCUT2D eigenvalue weighted by Gasteiger charge is -2.11. The first kappa shape index (κ1) is 16.5. The van der Waals surface area contributed by atoms with E-state index in [2.05, 4.69) is 5.32 Å². The van der Waals surface area contributed by atoms with Crippen LogP contribution in [0.15, 0.2) is 42.5 Å². The van der Waals surface area contributed by atoms with Gasteiger partial charge in [0.15, 0.2) is 0 Å². The highest BCUT2D eigenvalue weighted by atomic mass is 35.5. The predicted molar refractivity (Wildman–Crippen MR) is 84.1 cm³/mol. The number of hydrogen-bond acceptors (Lipinski definition) is 2. The summed E-state index contributed by atoms with van der Waals surface area (Å²) in [6.07, 6.45) is -0.0854. The van der Waals surface area contributed by atoms with Crippen molar-refractivity contribution in [2.75, 3.05) is 7.11 Å². The van der Waals surface area contributed by atoms with Crippen molar-refractivity contribution in [2.24, 2.45) is 0 Å². The Balaban J connectivity index is 1.99. The van der Waals surface area contributed by atoms with Crippen LogP contribution in [-0.2, 0) is 29.1 Å². The van der Waals surface area contributed by atoms with Crippen LogP contribution in [0.3, 0.4) is 0 Å². The van der Waals surface area contributed by atoms with Crippen LogP contribution in [0.2, 0.25) is 5.02 Å². The third kappa shape index (κ3) is 4.29. The van der Waals surface area contributed by atoms with Crippen LogP contribution >= 0.6 is 11.6 Å². The van der Waals surface area contributed by atoms with Crippen LogP contribution in [0.1, 0.15) is 16.7 Å². The van der Waals surface area contributed by atoms with E-state index in [-0.39, 0.29) is 22.9 Å². The van der Waals surface area contributed by atoms with Gasteiger partial charge in [0, 0.05) is 24.2 Å². The SMILES string of the molecule is COCc1ccccc1CNC(=O)Cc1c(F)cccc1Cl. The predicted octanol–water partition coefficient (Wildman–Crippen LogP) is 3.48. The van der Waals surface area contributed by atoms with E-state index >= 15 is 0 Å². The Morgan fingerprint density at radius 1 is 1.18 bits per heavy atom. The molecule has 116 valence electrons. The van der Waals surface area contributed by atoms with Gasteiger partial charge in [-0.3, -0.25) is 4.79 Å². The molecule has 0 bridgehead atoms. The molecule has 0 aliphatic rings. The zero-order valence-corrected chi connectivity index (χ0v) is 13.0. The van der Waals surface area contributed by atoms with E-state index in [9.17, 15) is 9.18 Å². The smallest absolute Gasteiger partial charge is 0.224 e. The van der Waals surface area contributed by atoms with E-state index in [4.69, 9.17) is 16.3 Å². The monoisotopic (exact) mass is 321 g/mol. The summed E-state index contributed by atoms with van der Waals surface area (Å²) in [4.78, 5) is 12.0. The molecule has 0 saturated carbocycles. The Morgan fingerprint density at radius 2 is 1.91 bits per heavy atom. The fourth-order valence-electron chi connectivity index (χ4n) is 2.14. The lowest BCUT2D eigenvalue weighted by atomic mass is 10.1. The Bertz CT molecular complexity index is 641. The van der Waals surface area contributed by atoms with Crippen LogP contribution in [0.25, 0.3) is 0 Å². The average Bonchev–Trinajstić information content (AvgIpc) is 2.50. The summed E-state index contributed by atoms with van der Waals surface area (Å²) in [7, 11) is 1.62. The minimum atomic E-state index is -0.470. The molecule has 0 fully saturated rings. The summed E-state index contributed by atoms with van der Waals surface area (Å²) >= 11 is 5.92. The van der Waals surface area contributed by atoms with Gasteiger partial charge in [0.25, 0.3) is 0 Å². The van der Waals surface area contributed by atoms with Crippen molar-refractivity contribution >= 4 is 17.5 Å². The molecule has 0 heterocycles. The van der Waals surface area contributed by atoms with Crippen molar-refractivity contribution in [3.8, 4) is 0 Å². The summed E-state index contributed by atoms with van der Waals surface area (Å²) in [6.45, 7) is 0.843. The second-order valence-corrected chi connectivity index (χ2v) is 5.26. The lowest BCUT2D eigenvalue weighted by Crippen LogP contribution is -2.25. The average molecular weight is 322 g/mol. The Morgan fingerprint density at radius 3 is 2.59 bits per heavy atom. The van der Waals surface area contributed by atoms with Gasteiger partial charge in [-0.05, 0) is 23.3 Å². The third-order valence-electron chi connectivity index (χ3n) is 3.29. The normalized spacial score (nSPS) is 10.5. The molecule has 1 amide bonds. The molecular weight excluding hydrogens is 305 g/mol. The molecule has 0 saturated heterocycles. The third-order valence-corrected chi connectivity index (χ3v) is 3.65. The topological polar surface area (TPSA) is 38.3 Å². The van der Waals surface area contributed by atoms with Crippen molar-refractivity contribution in [3.05, 3.63) is 70.0 Å². The highest BCUT2D eigenvalue weighted by Gasteiger charge is 2.12. The first-order valence-electron chi connectivity index (χ1n) is 6.87. The number of hydrogen-bond donors (Lipinski definition) is 1. The molecule has 0 aliphatic carbocycles. The zero-order chi connectivity index (χ0) is 15.9. The molecule has 0 unspecified atom stereocenters. The number of ether oxygens (including phenoxy) is 1. The first-order chi connectivity index (χ1) is 10.6. The van der Waals surface area contributed by atoms with Crippen molar-refractivity contribution in [2.45, 2.75) is 19.6 Å². The van der Waals surface area contributed by atoms with Gasteiger partial charge in [0.1, 0.15) is 5.82 Å². The highest BCUT2D eigenvalue weighted by molar-refractivity contribution is 6.31. The second kappa shape index (κ2) is 7.92. The molecule has 0 aliphatic heterocycles.